The Morgan fingerprint density at radius 2 is 2.06 bits per heavy atom. The second-order valence-electron chi connectivity index (χ2n) is 5.58. The molecule has 17 heavy (non-hydrogen) atoms. The van der Waals surface area contributed by atoms with E-state index in [0.29, 0.717) is 12.1 Å². The van der Waals surface area contributed by atoms with Crippen molar-refractivity contribution in [3.63, 3.8) is 0 Å². The molecule has 2 heteroatoms. The SMILES string of the molecule is Cc1ccsc1C(C)NC1CCCCCC1C. The summed E-state index contributed by atoms with van der Waals surface area (Å²) >= 11 is 1.89. The molecule has 96 valence electrons. The van der Waals surface area contributed by atoms with E-state index >= 15 is 0 Å². The number of rotatable bonds is 3. The summed E-state index contributed by atoms with van der Waals surface area (Å²) in [6.07, 6.45) is 7.00. The summed E-state index contributed by atoms with van der Waals surface area (Å²) < 4.78 is 0. The van der Waals surface area contributed by atoms with Gasteiger partial charge in [0, 0.05) is 17.0 Å². The van der Waals surface area contributed by atoms with Gasteiger partial charge in [0.1, 0.15) is 0 Å². The summed E-state index contributed by atoms with van der Waals surface area (Å²) in [6.45, 7) is 6.95. The highest BCUT2D eigenvalue weighted by Gasteiger charge is 2.22. The Morgan fingerprint density at radius 3 is 2.76 bits per heavy atom. The molecule has 0 aliphatic heterocycles. The van der Waals surface area contributed by atoms with Crippen molar-refractivity contribution in [2.24, 2.45) is 5.92 Å². The molecule has 0 aromatic carbocycles. The van der Waals surface area contributed by atoms with Crippen molar-refractivity contribution in [1.29, 1.82) is 0 Å². The van der Waals surface area contributed by atoms with Gasteiger partial charge in [-0.25, -0.2) is 0 Å². The van der Waals surface area contributed by atoms with Crippen molar-refractivity contribution in [2.45, 2.75) is 65.0 Å². The fraction of sp³-hybridized carbons (Fsp3) is 0.733. The maximum Gasteiger partial charge on any atom is 0.0391 e. The Hall–Kier alpha value is -0.340. The lowest BCUT2D eigenvalue weighted by atomic mass is 9.96. The monoisotopic (exact) mass is 251 g/mol. The van der Waals surface area contributed by atoms with Crippen LogP contribution in [-0.2, 0) is 0 Å². The molecule has 0 bridgehead atoms. The van der Waals surface area contributed by atoms with Gasteiger partial charge in [-0.2, -0.15) is 0 Å². The molecule has 1 heterocycles. The minimum absolute atomic E-state index is 0.514. The molecule has 1 nitrogen and oxygen atoms in total. The fourth-order valence-corrected chi connectivity index (χ4v) is 3.91. The minimum Gasteiger partial charge on any atom is -0.306 e. The number of aryl methyl sites for hydroxylation is 1. The summed E-state index contributed by atoms with van der Waals surface area (Å²) in [5.41, 5.74) is 1.44. The average molecular weight is 251 g/mol. The second kappa shape index (κ2) is 6.01. The summed E-state index contributed by atoms with van der Waals surface area (Å²) in [5, 5.41) is 6.07. The molecule has 1 aromatic rings. The highest BCUT2D eigenvalue weighted by Crippen LogP contribution is 2.28. The number of hydrogen-bond donors (Lipinski definition) is 1. The Balaban J connectivity index is 1.97. The molecule has 0 amide bonds. The lowest BCUT2D eigenvalue weighted by molar-refractivity contribution is 0.331. The molecule has 1 aliphatic carbocycles. The zero-order valence-electron chi connectivity index (χ0n) is 11.3. The zero-order chi connectivity index (χ0) is 12.3. The topological polar surface area (TPSA) is 12.0 Å². The smallest absolute Gasteiger partial charge is 0.0391 e. The predicted octanol–water partition coefficient (Wildman–Crippen LogP) is 4.68. The van der Waals surface area contributed by atoms with Gasteiger partial charge in [0.05, 0.1) is 0 Å². The van der Waals surface area contributed by atoms with Crippen LogP contribution in [0.3, 0.4) is 0 Å². The van der Waals surface area contributed by atoms with Crippen molar-refractivity contribution >= 4 is 11.3 Å². The predicted molar refractivity (Wildman–Crippen MR) is 76.6 cm³/mol. The summed E-state index contributed by atoms with van der Waals surface area (Å²) in [4.78, 5) is 1.52. The quantitative estimate of drug-likeness (QED) is 0.769. The van der Waals surface area contributed by atoms with Gasteiger partial charge in [-0.1, -0.05) is 26.2 Å². The van der Waals surface area contributed by atoms with Gasteiger partial charge in [0.2, 0.25) is 0 Å². The van der Waals surface area contributed by atoms with Crippen LogP contribution in [0.5, 0.6) is 0 Å². The van der Waals surface area contributed by atoms with Gasteiger partial charge < -0.3 is 5.32 Å². The van der Waals surface area contributed by atoms with Crippen LogP contribution in [0.25, 0.3) is 0 Å². The molecule has 1 aromatic heterocycles. The van der Waals surface area contributed by atoms with E-state index in [1.165, 1.54) is 42.5 Å². The minimum atomic E-state index is 0.514. The molecule has 3 atom stereocenters. The van der Waals surface area contributed by atoms with E-state index in [4.69, 9.17) is 0 Å². The van der Waals surface area contributed by atoms with E-state index in [1.807, 2.05) is 11.3 Å². The van der Waals surface area contributed by atoms with Gasteiger partial charge >= 0.3 is 0 Å². The maximum absolute atomic E-state index is 3.86. The van der Waals surface area contributed by atoms with Crippen LogP contribution < -0.4 is 5.32 Å². The van der Waals surface area contributed by atoms with Crippen molar-refractivity contribution < 1.29 is 0 Å². The Kier molecular flexibility index (Phi) is 4.63. The third-order valence-electron chi connectivity index (χ3n) is 4.12. The van der Waals surface area contributed by atoms with Gasteiger partial charge in [-0.3, -0.25) is 0 Å². The molecule has 1 aliphatic rings. The molecule has 2 rings (SSSR count). The molecule has 1 fully saturated rings. The lowest BCUT2D eigenvalue weighted by Gasteiger charge is -2.27. The summed E-state index contributed by atoms with van der Waals surface area (Å²) in [5.74, 6) is 0.834. The molecule has 0 radical (unpaired) electrons. The fourth-order valence-electron chi connectivity index (χ4n) is 2.97. The van der Waals surface area contributed by atoms with Crippen LogP contribution in [-0.4, -0.2) is 6.04 Å². The highest BCUT2D eigenvalue weighted by molar-refractivity contribution is 7.10. The molecular formula is C15H25NS. The maximum atomic E-state index is 3.86. The van der Waals surface area contributed by atoms with E-state index in [-0.39, 0.29) is 0 Å². The van der Waals surface area contributed by atoms with E-state index in [0.717, 1.165) is 5.92 Å². The standard InChI is InChI=1S/C15H25NS/c1-11-7-5-4-6-8-14(11)16-13(3)15-12(2)9-10-17-15/h9-11,13-14,16H,4-8H2,1-3H3. The van der Waals surface area contributed by atoms with Crippen molar-refractivity contribution in [3.05, 3.63) is 21.9 Å². The summed E-state index contributed by atoms with van der Waals surface area (Å²) in [6, 6.07) is 3.46. The van der Waals surface area contributed by atoms with Crippen LogP contribution in [0.4, 0.5) is 0 Å². The van der Waals surface area contributed by atoms with Crippen molar-refractivity contribution in [2.75, 3.05) is 0 Å². The Labute approximate surface area is 110 Å². The molecule has 0 saturated heterocycles. The van der Waals surface area contributed by atoms with Gasteiger partial charge in [-0.05, 0) is 49.6 Å². The van der Waals surface area contributed by atoms with Crippen LogP contribution in [0.1, 0.15) is 62.4 Å². The van der Waals surface area contributed by atoms with Crippen molar-refractivity contribution in [1.82, 2.24) is 5.32 Å². The Morgan fingerprint density at radius 1 is 1.29 bits per heavy atom. The van der Waals surface area contributed by atoms with Crippen LogP contribution in [0.15, 0.2) is 11.4 Å². The number of thiophene rings is 1. The Bertz CT molecular complexity index is 344. The highest BCUT2D eigenvalue weighted by atomic mass is 32.1. The summed E-state index contributed by atoms with van der Waals surface area (Å²) in [7, 11) is 0. The van der Waals surface area contributed by atoms with Gasteiger partial charge in [-0.15, -0.1) is 11.3 Å². The van der Waals surface area contributed by atoms with E-state index in [9.17, 15) is 0 Å². The average Bonchev–Trinajstić information content (AvgIpc) is 2.63. The normalized spacial score (nSPS) is 27.7. The first-order valence-electron chi connectivity index (χ1n) is 6.98. The van der Waals surface area contributed by atoms with Gasteiger partial charge in [0.25, 0.3) is 0 Å². The molecular weight excluding hydrogens is 226 g/mol. The van der Waals surface area contributed by atoms with E-state index in [2.05, 4.69) is 37.5 Å². The molecule has 1 N–H and O–H groups in total. The first-order chi connectivity index (χ1) is 8.18. The van der Waals surface area contributed by atoms with Crippen LogP contribution >= 0.6 is 11.3 Å². The number of nitrogens with one attached hydrogen (secondary N) is 1. The first-order valence-corrected chi connectivity index (χ1v) is 7.86. The third-order valence-corrected chi connectivity index (χ3v) is 5.32. The molecule has 3 unspecified atom stereocenters. The zero-order valence-corrected chi connectivity index (χ0v) is 12.1. The van der Waals surface area contributed by atoms with Crippen LogP contribution in [0, 0.1) is 12.8 Å². The third kappa shape index (κ3) is 3.32. The van der Waals surface area contributed by atoms with E-state index in [1.54, 1.807) is 0 Å². The molecule has 1 saturated carbocycles. The lowest BCUT2D eigenvalue weighted by Crippen LogP contribution is -2.36. The van der Waals surface area contributed by atoms with Gasteiger partial charge in [0.15, 0.2) is 0 Å². The van der Waals surface area contributed by atoms with Crippen molar-refractivity contribution in [3.8, 4) is 0 Å². The van der Waals surface area contributed by atoms with E-state index < -0.39 is 0 Å². The second-order valence-corrected chi connectivity index (χ2v) is 6.53. The number of hydrogen-bond acceptors (Lipinski definition) is 2. The van der Waals surface area contributed by atoms with Crippen LogP contribution in [0.2, 0.25) is 0 Å². The largest absolute Gasteiger partial charge is 0.306 e. The molecule has 0 spiro atoms. The first kappa shape index (κ1) is 13.1.